The van der Waals surface area contributed by atoms with E-state index in [-0.39, 0.29) is 61.1 Å². The fraction of sp³-hybridized carbons (Fsp3) is 0. The van der Waals surface area contributed by atoms with Gasteiger partial charge in [0.05, 0.1) is 0 Å². The van der Waals surface area contributed by atoms with E-state index >= 15 is 0 Å². The van der Waals surface area contributed by atoms with Gasteiger partial charge in [0.15, 0.2) is 0 Å². The van der Waals surface area contributed by atoms with Gasteiger partial charge < -0.3 is 28.3 Å². The molecule has 0 saturated heterocycles. The van der Waals surface area contributed by atoms with E-state index in [9.17, 15) is 0 Å². The number of thiol groups is 1. The first-order chi connectivity index (χ1) is 0. The van der Waals surface area contributed by atoms with Crippen molar-refractivity contribution < 1.29 is 32.7 Å². The van der Waals surface area contributed by atoms with Crippen LogP contribution in [-0.2, 0) is 46.2 Å². The van der Waals surface area contributed by atoms with E-state index in [1.54, 1.807) is 0 Å². The van der Waals surface area contributed by atoms with Crippen LogP contribution < -0.4 is 0 Å². The Kier molecular flexibility index (Phi) is 322. The molecule has 0 aromatic carbocycles. The van der Waals surface area contributed by atoms with E-state index in [1.165, 1.54) is 0 Å². The molecule has 0 amide bonds. The van der Waals surface area contributed by atoms with Crippen molar-refractivity contribution in [3.63, 3.8) is 0 Å². The molecule has 0 aliphatic carbocycles. The van der Waals surface area contributed by atoms with Gasteiger partial charge in [-0.15, -0.1) is 0 Å². The fourth-order valence-corrected chi connectivity index (χ4v) is 0. The van der Waals surface area contributed by atoms with Crippen molar-refractivity contribution in [2.75, 3.05) is 0 Å². The Hall–Kier alpha value is 1.45. The fourth-order valence-electron chi connectivity index (χ4n) is 0. The zero-order valence-electron chi connectivity index (χ0n) is 3.02. The smallest absolute Gasteiger partial charge is 0.813 e. The average Bonchev–Trinajstić information content (AvgIpc) is 0. The van der Waals surface area contributed by atoms with E-state index in [0.717, 1.165) is 0 Å². The summed E-state index contributed by atoms with van der Waals surface area (Å²) in [6.07, 6.45) is 0. The molecule has 0 heterocycles. The molecular formula is C2H7SY. The van der Waals surface area contributed by atoms with Crippen molar-refractivity contribution in [1.82, 2.24) is 0 Å². The van der Waals surface area contributed by atoms with Crippen molar-refractivity contribution in [3.05, 3.63) is 14.9 Å². The molecule has 0 rings (SSSR count). The Morgan fingerprint density at radius 1 is 0.750 bits per heavy atom. The van der Waals surface area contributed by atoms with Crippen LogP contribution in [0.15, 0.2) is 0 Å². The second-order valence-electron chi connectivity index (χ2n) is 0. The predicted octanol–water partition coefficient (Wildman–Crippen LogP) is 0.628. The zero-order valence-corrected chi connectivity index (χ0v) is 6.76. The molecule has 0 aromatic heterocycles. The third-order valence-corrected chi connectivity index (χ3v) is 0. The molecule has 0 unspecified atom stereocenters. The van der Waals surface area contributed by atoms with Crippen LogP contribution in [0.1, 0.15) is 0 Å². The third-order valence-electron chi connectivity index (χ3n) is 0. The van der Waals surface area contributed by atoms with Gasteiger partial charge in [-0.2, -0.15) is 0 Å². The molecule has 0 saturated carbocycles. The van der Waals surface area contributed by atoms with Gasteiger partial charge in [0.25, 0.3) is 0 Å². The van der Waals surface area contributed by atoms with Gasteiger partial charge in [-0.3, -0.25) is 0 Å². The standard InChI is InChI=1S/2CH3.H2S.Y/h2*1H3;1H2;/q2*-1;;+3/p-1. The Labute approximate surface area is 60.7 Å². The summed E-state index contributed by atoms with van der Waals surface area (Å²) in [5.41, 5.74) is 0. The number of rotatable bonds is 0. The van der Waals surface area contributed by atoms with Crippen LogP contribution >= 0.6 is 0 Å². The molecule has 0 nitrogen and oxygen atoms in total. The maximum absolute atomic E-state index is 0. The summed E-state index contributed by atoms with van der Waals surface area (Å²) in [6, 6.07) is 0. The Morgan fingerprint density at radius 2 is 0.750 bits per heavy atom. The molecule has 24 valence electrons. The molecule has 2 heteroatoms. The van der Waals surface area contributed by atoms with Gasteiger partial charge in [0.2, 0.25) is 0 Å². The molecule has 0 fully saturated rings. The minimum atomic E-state index is 0. The van der Waals surface area contributed by atoms with Crippen LogP contribution in [0.4, 0.5) is 0 Å². The second kappa shape index (κ2) is 25.1. The van der Waals surface area contributed by atoms with Crippen LogP contribution in [0.5, 0.6) is 0 Å². The van der Waals surface area contributed by atoms with Crippen molar-refractivity contribution in [2.45, 2.75) is 0 Å². The maximum atomic E-state index is 0. The molecule has 0 bridgehead atoms. The van der Waals surface area contributed by atoms with E-state index in [0.29, 0.717) is 0 Å². The minimum Gasteiger partial charge on any atom is -0.813 e. The first-order valence-corrected chi connectivity index (χ1v) is 0. The molecule has 0 N–H and O–H groups in total. The van der Waals surface area contributed by atoms with Crippen LogP contribution in [0.2, 0.25) is 0 Å². The van der Waals surface area contributed by atoms with E-state index in [2.05, 4.69) is 0 Å². The van der Waals surface area contributed by atoms with Gasteiger partial charge in [-0.1, -0.05) is 0 Å². The largest absolute Gasteiger partial charge is 3.00 e. The van der Waals surface area contributed by atoms with Crippen molar-refractivity contribution in [1.29, 1.82) is 0 Å². The molecule has 0 aromatic rings. The Bertz CT molecular complexity index is 6.00. The van der Waals surface area contributed by atoms with Crippen molar-refractivity contribution >= 4 is 13.5 Å². The van der Waals surface area contributed by atoms with E-state index < -0.39 is 0 Å². The Morgan fingerprint density at radius 3 is 0.750 bits per heavy atom. The zero-order chi connectivity index (χ0) is 0. The van der Waals surface area contributed by atoms with Crippen molar-refractivity contribution in [3.8, 4) is 0 Å². The summed E-state index contributed by atoms with van der Waals surface area (Å²) in [5.74, 6) is 0. The molecule has 0 radical (unpaired) electrons. The van der Waals surface area contributed by atoms with Gasteiger partial charge in [-0.05, 0) is 0 Å². The first-order valence-electron chi connectivity index (χ1n) is 0. The monoisotopic (exact) mass is 152 g/mol. The van der Waals surface area contributed by atoms with Crippen LogP contribution in [0.3, 0.4) is 0 Å². The van der Waals surface area contributed by atoms with E-state index in [1.807, 2.05) is 0 Å². The third kappa shape index (κ3) is 9.84. The summed E-state index contributed by atoms with van der Waals surface area (Å²) in [4.78, 5) is 0. The van der Waals surface area contributed by atoms with Gasteiger partial charge in [0, 0.05) is 0 Å². The summed E-state index contributed by atoms with van der Waals surface area (Å²) < 4.78 is 0. The topological polar surface area (TPSA) is 0 Å². The summed E-state index contributed by atoms with van der Waals surface area (Å²) in [5, 5.41) is 0. The summed E-state index contributed by atoms with van der Waals surface area (Å²) in [6.45, 7) is 0. The number of hydrogen-bond acceptors (Lipinski definition) is 1. The number of hydrogen-bond donors (Lipinski definition) is 0. The van der Waals surface area contributed by atoms with Gasteiger partial charge in [0.1, 0.15) is 0 Å². The molecule has 0 spiro atoms. The SMILES string of the molecule is [CH3-].[CH3-].[SH-].[Y+3]. The summed E-state index contributed by atoms with van der Waals surface area (Å²) >= 11 is 0. The molecule has 0 aliphatic heterocycles. The Balaban J connectivity index is 0. The summed E-state index contributed by atoms with van der Waals surface area (Å²) in [7, 11) is 0. The average molecular weight is 152 g/mol. The quantitative estimate of drug-likeness (QED) is 0.278. The predicted molar refractivity (Wildman–Crippen MR) is 21.6 cm³/mol. The normalized spacial score (nSPS) is 0. The first kappa shape index (κ1) is 51.2. The van der Waals surface area contributed by atoms with Gasteiger partial charge in [-0.25, -0.2) is 0 Å². The van der Waals surface area contributed by atoms with Gasteiger partial charge >= 0.3 is 32.7 Å². The van der Waals surface area contributed by atoms with Crippen LogP contribution in [-0.4, -0.2) is 0 Å². The second-order valence-corrected chi connectivity index (χ2v) is 0. The van der Waals surface area contributed by atoms with E-state index in [4.69, 9.17) is 0 Å². The molecule has 0 atom stereocenters. The molecule has 0 aliphatic rings. The molecule has 4 heavy (non-hydrogen) atoms. The maximum Gasteiger partial charge on any atom is 3.00 e. The van der Waals surface area contributed by atoms with Crippen molar-refractivity contribution in [2.24, 2.45) is 0 Å². The minimum absolute atomic E-state index is 0. The van der Waals surface area contributed by atoms with Crippen LogP contribution in [0.25, 0.3) is 0 Å². The molecular weight excluding hydrogens is 145 g/mol. The van der Waals surface area contributed by atoms with Crippen LogP contribution in [0, 0.1) is 14.9 Å².